The lowest BCUT2D eigenvalue weighted by atomic mass is 10.3. The second-order valence-corrected chi connectivity index (χ2v) is 5.14. The first-order valence-electron chi connectivity index (χ1n) is 6.05. The number of aromatic nitrogens is 1. The molecule has 1 heterocycles. The summed E-state index contributed by atoms with van der Waals surface area (Å²) in [5, 5.41) is 6.93. The molecule has 0 unspecified atom stereocenters. The van der Waals surface area contributed by atoms with Gasteiger partial charge in [-0.25, -0.2) is 4.98 Å². The maximum Gasteiger partial charge on any atom is 0.221 e. The summed E-state index contributed by atoms with van der Waals surface area (Å²) < 4.78 is 1.20. The van der Waals surface area contributed by atoms with Crippen LogP contribution in [-0.2, 0) is 11.2 Å². The van der Waals surface area contributed by atoms with Crippen molar-refractivity contribution in [1.29, 1.82) is 0 Å². The summed E-state index contributed by atoms with van der Waals surface area (Å²) in [4.78, 5) is 15.9. The van der Waals surface area contributed by atoms with Crippen molar-refractivity contribution < 1.29 is 4.79 Å². The highest BCUT2D eigenvalue weighted by Crippen LogP contribution is 2.21. The first-order valence-corrected chi connectivity index (χ1v) is 6.87. The molecule has 0 aliphatic rings. The van der Waals surface area contributed by atoms with Crippen molar-refractivity contribution in [1.82, 2.24) is 15.6 Å². The van der Waals surface area contributed by atoms with Gasteiger partial charge < -0.3 is 10.6 Å². The number of nitrogens with one attached hydrogen (secondary N) is 2. The third kappa shape index (κ3) is 4.78. The number of carbonyl (C=O) groups is 1. The average molecular weight is 300 g/mol. The predicted molar refractivity (Wildman–Crippen MR) is 82.1 cm³/mol. The Kier molecular flexibility index (Phi) is 6.77. The van der Waals surface area contributed by atoms with E-state index in [0.717, 1.165) is 16.9 Å². The fraction of sp³-hybridized carbons (Fsp3) is 0.385. The molecule has 0 atom stereocenters. The molecule has 6 heteroatoms. The Balaban J connectivity index is 0.00000180. The van der Waals surface area contributed by atoms with Crippen LogP contribution in [0.5, 0.6) is 0 Å². The molecule has 0 radical (unpaired) electrons. The molecule has 1 aromatic carbocycles. The van der Waals surface area contributed by atoms with Crippen LogP contribution < -0.4 is 10.6 Å². The van der Waals surface area contributed by atoms with Gasteiger partial charge >= 0.3 is 0 Å². The number of carbonyl (C=O) groups excluding carboxylic acids is 1. The zero-order chi connectivity index (χ0) is 12.8. The van der Waals surface area contributed by atoms with Crippen molar-refractivity contribution >= 4 is 39.9 Å². The van der Waals surface area contributed by atoms with Crippen LogP contribution in [0.3, 0.4) is 0 Å². The Labute approximate surface area is 123 Å². The number of fused-ring (bicyclic) bond motifs is 1. The molecule has 0 spiro atoms. The van der Waals surface area contributed by atoms with Gasteiger partial charge in [-0.2, -0.15) is 0 Å². The molecule has 0 saturated heterocycles. The molecular weight excluding hydrogens is 282 g/mol. The summed E-state index contributed by atoms with van der Waals surface area (Å²) in [6, 6.07) is 8.10. The van der Waals surface area contributed by atoms with E-state index >= 15 is 0 Å². The number of rotatable bonds is 6. The normalized spacial score (nSPS) is 10.2. The zero-order valence-electron chi connectivity index (χ0n) is 10.8. The topological polar surface area (TPSA) is 54.0 Å². The molecule has 2 rings (SSSR count). The van der Waals surface area contributed by atoms with Crippen LogP contribution >= 0.6 is 23.7 Å². The number of nitrogens with zero attached hydrogens (tertiary/aromatic N) is 1. The monoisotopic (exact) mass is 299 g/mol. The van der Waals surface area contributed by atoms with Gasteiger partial charge in [0.25, 0.3) is 0 Å². The highest BCUT2D eigenvalue weighted by atomic mass is 35.5. The smallest absolute Gasteiger partial charge is 0.221 e. The fourth-order valence-electron chi connectivity index (χ4n) is 1.66. The molecular formula is C13H18ClN3OS. The van der Waals surface area contributed by atoms with E-state index in [-0.39, 0.29) is 18.3 Å². The first-order chi connectivity index (χ1) is 8.79. The van der Waals surface area contributed by atoms with Crippen molar-refractivity contribution in [3.8, 4) is 0 Å². The zero-order valence-corrected chi connectivity index (χ0v) is 12.4. The van der Waals surface area contributed by atoms with E-state index in [1.165, 1.54) is 4.70 Å². The van der Waals surface area contributed by atoms with Crippen LogP contribution in [0.25, 0.3) is 10.2 Å². The van der Waals surface area contributed by atoms with Gasteiger partial charge in [0, 0.05) is 25.9 Å². The Morgan fingerprint density at radius 3 is 2.84 bits per heavy atom. The quantitative estimate of drug-likeness (QED) is 0.858. The van der Waals surface area contributed by atoms with E-state index in [2.05, 4.69) is 21.7 Å². The maximum absolute atomic E-state index is 11.4. The van der Waals surface area contributed by atoms with Crippen molar-refractivity contribution in [3.63, 3.8) is 0 Å². The molecule has 2 N–H and O–H groups in total. The van der Waals surface area contributed by atoms with Crippen molar-refractivity contribution in [2.45, 2.75) is 12.8 Å². The summed E-state index contributed by atoms with van der Waals surface area (Å²) in [7, 11) is 1.84. The molecule has 1 aromatic heterocycles. The highest BCUT2D eigenvalue weighted by Gasteiger charge is 2.04. The van der Waals surface area contributed by atoms with E-state index in [1.54, 1.807) is 11.3 Å². The van der Waals surface area contributed by atoms with Gasteiger partial charge in [-0.15, -0.1) is 23.7 Å². The van der Waals surface area contributed by atoms with E-state index in [0.29, 0.717) is 19.5 Å². The molecule has 0 aliphatic heterocycles. The van der Waals surface area contributed by atoms with E-state index in [9.17, 15) is 4.79 Å². The van der Waals surface area contributed by atoms with Gasteiger partial charge in [-0.05, 0) is 19.2 Å². The van der Waals surface area contributed by atoms with Crippen molar-refractivity contribution in [3.05, 3.63) is 29.3 Å². The lowest BCUT2D eigenvalue weighted by molar-refractivity contribution is -0.120. The summed E-state index contributed by atoms with van der Waals surface area (Å²) in [6.07, 6.45) is 1.32. The minimum absolute atomic E-state index is 0. The average Bonchev–Trinajstić information content (AvgIpc) is 2.79. The lowest BCUT2D eigenvalue weighted by Crippen LogP contribution is -2.28. The Morgan fingerprint density at radius 2 is 2.11 bits per heavy atom. The van der Waals surface area contributed by atoms with Gasteiger partial charge in [-0.3, -0.25) is 4.79 Å². The predicted octanol–water partition coefficient (Wildman–Crippen LogP) is 1.99. The molecule has 0 saturated carbocycles. The number of halogens is 1. The van der Waals surface area contributed by atoms with Gasteiger partial charge in [0.1, 0.15) is 0 Å². The maximum atomic E-state index is 11.4. The van der Waals surface area contributed by atoms with Crippen LogP contribution in [0.2, 0.25) is 0 Å². The van der Waals surface area contributed by atoms with Crippen molar-refractivity contribution in [2.75, 3.05) is 20.1 Å². The highest BCUT2D eigenvalue weighted by molar-refractivity contribution is 7.18. The largest absolute Gasteiger partial charge is 0.356 e. The van der Waals surface area contributed by atoms with E-state index < -0.39 is 0 Å². The van der Waals surface area contributed by atoms with Crippen LogP contribution in [-0.4, -0.2) is 31.0 Å². The Hall–Kier alpha value is -1.17. The minimum atomic E-state index is 0. The number of hydrogen-bond donors (Lipinski definition) is 2. The van der Waals surface area contributed by atoms with Gasteiger partial charge in [0.2, 0.25) is 5.91 Å². The van der Waals surface area contributed by atoms with Crippen LogP contribution in [0.4, 0.5) is 0 Å². The Morgan fingerprint density at radius 1 is 1.32 bits per heavy atom. The van der Waals surface area contributed by atoms with Crippen LogP contribution in [0, 0.1) is 0 Å². The molecule has 0 fully saturated rings. The van der Waals surface area contributed by atoms with Gasteiger partial charge in [0.05, 0.1) is 15.2 Å². The van der Waals surface area contributed by atoms with Gasteiger partial charge in [-0.1, -0.05) is 12.1 Å². The standard InChI is InChI=1S/C13H17N3OS.ClH/c1-14-8-6-12(17)15-9-7-13-16-10-4-2-3-5-11(10)18-13;/h2-5,14H,6-9H2,1H3,(H,15,17);1H. The molecule has 104 valence electrons. The molecule has 1 amide bonds. The third-order valence-corrected chi connectivity index (χ3v) is 3.70. The number of thiazole rings is 1. The third-order valence-electron chi connectivity index (χ3n) is 2.60. The number of para-hydroxylation sites is 1. The molecule has 0 aliphatic carbocycles. The molecule has 2 aromatic rings. The lowest BCUT2D eigenvalue weighted by Gasteiger charge is -2.02. The van der Waals surface area contributed by atoms with Crippen LogP contribution in [0.15, 0.2) is 24.3 Å². The first kappa shape index (κ1) is 15.9. The molecule has 4 nitrogen and oxygen atoms in total. The van der Waals surface area contributed by atoms with Crippen molar-refractivity contribution in [2.24, 2.45) is 0 Å². The second-order valence-electron chi connectivity index (χ2n) is 4.03. The summed E-state index contributed by atoms with van der Waals surface area (Å²) in [6.45, 7) is 1.37. The Bertz CT molecular complexity index is 496. The van der Waals surface area contributed by atoms with Gasteiger partial charge in [0.15, 0.2) is 0 Å². The van der Waals surface area contributed by atoms with E-state index in [1.807, 2.05) is 25.2 Å². The summed E-state index contributed by atoms with van der Waals surface area (Å²) in [5.74, 6) is 0.0884. The SMILES string of the molecule is CNCCC(=O)NCCc1nc2ccccc2s1.Cl. The number of amides is 1. The number of benzene rings is 1. The fourth-order valence-corrected chi connectivity index (χ4v) is 2.63. The molecule has 0 bridgehead atoms. The van der Waals surface area contributed by atoms with Crippen LogP contribution in [0.1, 0.15) is 11.4 Å². The molecule has 19 heavy (non-hydrogen) atoms. The summed E-state index contributed by atoms with van der Waals surface area (Å²) in [5.41, 5.74) is 1.04. The number of hydrogen-bond acceptors (Lipinski definition) is 4. The second kappa shape index (κ2) is 8.09. The minimum Gasteiger partial charge on any atom is -0.356 e. The van der Waals surface area contributed by atoms with E-state index in [4.69, 9.17) is 0 Å². The summed E-state index contributed by atoms with van der Waals surface area (Å²) >= 11 is 1.69.